The second kappa shape index (κ2) is 5.50. The molecule has 0 spiro atoms. The molecule has 94 valence electrons. The van der Waals surface area contributed by atoms with E-state index < -0.39 is 6.10 Å². The summed E-state index contributed by atoms with van der Waals surface area (Å²) in [5, 5.41) is 9.45. The third-order valence-electron chi connectivity index (χ3n) is 3.74. The molecule has 2 rings (SSSR count). The highest BCUT2D eigenvalue weighted by molar-refractivity contribution is 5.40. The van der Waals surface area contributed by atoms with Gasteiger partial charge in [-0.3, -0.25) is 0 Å². The minimum absolute atomic E-state index is 0.434. The molecule has 1 fully saturated rings. The van der Waals surface area contributed by atoms with Gasteiger partial charge in [-0.1, -0.05) is 25.3 Å². The topological polar surface area (TPSA) is 36.4 Å². The fraction of sp³-hybridized carbons (Fsp3) is 0.643. The Kier molecular flexibility index (Phi) is 4.00. The van der Waals surface area contributed by atoms with Crippen molar-refractivity contribution in [2.24, 2.45) is 0 Å². The number of hydrogen-bond acceptors (Lipinski definition) is 3. The van der Waals surface area contributed by atoms with Crippen molar-refractivity contribution in [3.05, 3.63) is 23.9 Å². The van der Waals surface area contributed by atoms with E-state index in [1.54, 1.807) is 13.1 Å². The summed E-state index contributed by atoms with van der Waals surface area (Å²) in [5.41, 5.74) is 0.880. The van der Waals surface area contributed by atoms with Crippen LogP contribution >= 0.6 is 0 Å². The SMILES string of the molecule is CC(O)c1ccc(N(C)C2CCCCC2)nc1. The zero-order chi connectivity index (χ0) is 12.3. The van der Waals surface area contributed by atoms with E-state index in [0.29, 0.717) is 6.04 Å². The summed E-state index contributed by atoms with van der Waals surface area (Å²) in [5.74, 6) is 1.02. The van der Waals surface area contributed by atoms with Crippen molar-refractivity contribution in [3.8, 4) is 0 Å². The molecule has 1 aromatic rings. The van der Waals surface area contributed by atoms with Gasteiger partial charge in [-0.2, -0.15) is 0 Å². The Balaban J connectivity index is 2.05. The zero-order valence-corrected chi connectivity index (χ0v) is 10.8. The van der Waals surface area contributed by atoms with Crippen molar-refractivity contribution in [1.82, 2.24) is 4.98 Å². The Morgan fingerprint density at radius 1 is 1.29 bits per heavy atom. The maximum absolute atomic E-state index is 9.45. The van der Waals surface area contributed by atoms with Gasteiger partial charge in [0.25, 0.3) is 0 Å². The van der Waals surface area contributed by atoms with E-state index in [-0.39, 0.29) is 0 Å². The van der Waals surface area contributed by atoms with E-state index >= 15 is 0 Å². The van der Waals surface area contributed by atoms with Gasteiger partial charge in [-0.05, 0) is 31.4 Å². The van der Waals surface area contributed by atoms with Crippen molar-refractivity contribution >= 4 is 5.82 Å². The fourth-order valence-corrected chi connectivity index (χ4v) is 2.51. The van der Waals surface area contributed by atoms with Gasteiger partial charge in [0.05, 0.1) is 6.10 Å². The number of nitrogens with zero attached hydrogens (tertiary/aromatic N) is 2. The third kappa shape index (κ3) is 2.97. The minimum Gasteiger partial charge on any atom is -0.389 e. The lowest BCUT2D eigenvalue weighted by Gasteiger charge is -2.32. The molecule has 3 nitrogen and oxygen atoms in total. The molecule has 1 unspecified atom stereocenters. The number of aromatic nitrogens is 1. The van der Waals surface area contributed by atoms with Crippen LogP contribution in [0.25, 0.3) is 0 Å². The van der Waals surface area contributed by atoms with Crippen LogP contribution in [0.5, 0.6) is 0 Å². The first-order valence-electron chi connectivity index (χ1n) is 6.55. The normalized spacial score (nSPS) is 19.0. The minimum atomic E-state index is -0.434. The molecule has 17 heavy (non-hydrogen) atoms. The van der Waals surface area contributed by atoms with Crippen molar-refractivity contribution in [2.75, 3.05) is 11.9 Å². The first kappa shape index (κ1) is 12.4. The monoisotopic (exact) mass is 234 g/mol. The van der Waals surface area contributed by atoms with Crippen LogP contribution in [0.15, 0.2) is 18.3 Å². The fourth-order valence-electron chi connectivity index (χ4n) is 2.51. The number of rotatable bonds is 3. The van der Waals surface area contributed by atoms with Crippen LogP contribution in [0, 0.1) is 0 Å². The molecule has 0 saturated heterocycles. The maximum Gasteiger partial charge on any atom is 0.128 e. The largest absolute Gasteiger partial charge is 0.389 e. The molecule has 1 heterocycles. The first-order chi connectivity index (χ1) is 8.18. The summed E-state index contributed by atoms with van der Waals surface area (Å²) in [7, 11) is 2.13. The van der Waals surface area contributed by atoms with E-state index in [0.717, 1.165) is 11.4 Å². The Morgan fingerprint density at radius 3 is 2.53 bits per heavy atom. The predicted molar refractivity (Wildman–Crippen MR) is 70.1 cm³/mol. The average molecular weight is 234 g/mol. The van der Waals surface area contributed by atoms with Crippen molar-refractivity contribution in [3.63, 3.8) is 0 Å². The van der Waals surface area contributed by atoms with Crippen LogP contribution < -0.4 is 4.90 Å². The molecular formula is C14H22N2O. The van der Waals surface area contributed by atoms with Gasteiger partial charge in [-0.15, -0.1) is 0 Å². The maximum atomic E-state index is 9.45. The number of aliphatic hydroxyl groups is 1. The number of hydrogen-bond donors (Lipinski definition) is 1. The molecule has 1 atom stereocenters. The summed E-state index contributed by atoms with van der Waals surface area (Å²) in [6, 6.07) is 4.61. The molecule has 3 heteroatoms. The summed E-state index contributed by atoms with van der Waals surface area (Å²) >= 11 is 0. The molecule has 1 aliphatic rings. The van der Waals surface area contributed by atoms with Gasteiger partial charge < -0.3 is 10.0 Å². The Hall–Kier alpha value is -1.09. The van der Waals surface area contributed by atoms with Crippen LogP contribution in [0.4, 0.5) is 5.82 Å². The van der Waals surface area contributed by atoms with Crippen LogP contribution in [0.1, 0.15) is 50.7 Å². The van der Waals surface area contributed by atoms with Gasteiger partial charge in [0.2, 0.25) is 0 Å². The van der Waals surface area contributed by atoms with Gasteiger partial charge in [0, 0.05) is 19.3 Å². The molecule has 0 radical (unpaired) electrons. The average Bonchev–Trinajstić information content (AvgIpc) is 2.39. The quantitative estimate of drug-likeness (QED) is 0.873. The highest BCUT2D eigenvalue weighted by Crippen LogP contribution is 2.25. The highest BCUT2D eigenvalue weighted by atomic mass is 16.3. The van der Waals surface area contributed by atoms with Crippen molar-refractivity contribution < 1.29 is 5.11 Å². The molecule has 0 aromatic carbocycles. The smallest absolute Gasteiger partial charge is 0.128 e. The van der Waals surface area contributed by atoms with Crippen LogP contribution in [0.2, 0.25) is 0 Å². The molecule has 0 bridgehead atoms. The number of aliphatic hydroxyl groups excluding tert-OH is 1. The molecule has 1 N–H and O–H groups in total. The number of pyridine rings is 1. The summed E-state index contributed by atoms with van der Waals surface area (Å²) in [4.78, 5) is 6.72. The highest BCUT2D eigenvalue weighted by Gasteiger charge is 2.18. The Morgan fingerprint density at radius 2 is 2.00 bits per heavy atom. The summed E-state index contributed by atoms with van der Waals surface area (Å²) in [6.45, 7) is 1.77. The molecule has 1 aromatic heterocycles. The second-order valence-electron chi connectivity index (χ2n) is 5.03. The van der Waals surface area contributed by atoms with E-state index in [2.05, 4.69) is 16.9 Å². The van der Waals surface area contributed by atoms with Crippen molar-refractivity contribution in [2.45, 2.75) is 51.2 Å². The lowest BCUT2D eigenvalue weighted by molar-refractivity contribution is 0.199. The molecule has 1 aliphatic carbocycles. The molecule has 0 amide bonds. The van der Waals surface area contributed by atoms with E-state index in [9.17, 15) is 5.11 Å². The van der Waals surface area contributed by atoms with E-state index in [1.807, 2.05) is 12.1 Å². The van der Waals surface area contributed by atoms with Gasteiger partial charge in [-0.25, -0.2) is 4.98 Å². The van der Waals surface area contributed by atoms with E-state index in [1.165, 1.54) is 32.1 Å². The molecule has 0 aliphatic heterocycles. The van der Waals surface area contributed by atoms with Gasteiger partial charge >= 0.3 is 0 Å². The predicted octanol–water partition coefficient (Wildman–Crippen LogP) is 2.90. The van der Waals surface area contributed by atoms with Crippen LogP contribution in [-0.2, 0) is 0 Å². The van der Waals surface area contributed by atoms with Crippen LogP contribution in [-0.4, -0.2) is 23.2 Å². The lowest BCUT2D eigenvalue weighted by atomic mass is 9.94. The van der Waals surface area contributed by atoms with Gasteiger partial charge in [0.15, 0.2) is 0 Å². The summed E-state index contributed by atoms with van der Waals surface area (Å²) < 4.78 is 0. The van der Waals surface area contributed by atoms with E-state index in [4.69, 9.17) is 0 Å². The van der Waals surface area contributed by atoms with Crippen molar-refractivity contribution in [1.29, 1.82) is 0 Å². The van der Waals surface area contributed by atoms with Gasteiger partial charge in [0.1, 0.15) is 5.82 Å². The Bertz CT molecular complexity index is 342. The second-order valence-corrected chi connectivity index (χ2v) is 5.03. The Labute approximate surface area is 103 Å². The first-order valence-corrected chi connectivity index (χ1v) is 6.55. The number of anilines is 1. The molecular weight excluding hydrogens is 212 g/mol. The lowest BCUT2D eigenvalue weighted by Crippen LogP contribution is -2.33. The third-order valence-corrected chi connectivity index (χ3v) is 3.74. The molecule has 1 saturated carbocycles. The zero-order valence-electron chi connectivity index (χ0n) is 10.8. The standard InChI is InChI=1S/C14H22N2O/c1-11(17)12-8-9-14(15-10-12)16(2)13-6-4-3-5-7-13/h8-11,13,17H,3-7H2,1-2H3. The van der Waals surface area contributed by atoms with Crippen LogP contribution in [0.3, 0.4) is 0 Å². The summed E-state index contributed by atoms with van der Waals surface area (Å²) in [6.07, 6.45) is 7.93.